The van der Waals surface area contributed by atoms with Crippen LogP contribution in [0.1, 0.15) is 43.0 Å². The van der Waals surface area contributed by atoms with Gasteiger partial charge in [0.25, 0.3) is 5.91 Å². The molecule has 0 aliphatic carbocycles. The average molecular weight is 595 g/mol. The van der Waals surface area contributed by atoms with Gasteiger partial charge in [-0.3, -0.25) is 19.3 Å². The zero-order chi connectivity index (χ0) is 30.6. The van der Waals surface area contributed by atoms with E-state index in [-0.39, 0.29) is 23.6 Å². The van der Waals surface area contributed by atoms with Gasteiger partial charge >= 0.3 is 0 Å². The van der Waals surface area contributed by atoms with E-state index in [1.54, 1.807) is 6.92 Å². The summed E-state index contributed by atoms with van der Waals surface area (Å²) < 4.78 is 0. The van der Waals surface area contributed by atoms with Crippen LogP contribution in [0.4, 0.5) is 5.69 Å². The highest BCUT2D eigenvalue weighted by Crippen LogP contribution is 2.28. The van der Waals surface area contributed by atoms with Gasteiger partial charge in [-0.15, -0.1) is 0 Å². The number of pyridine rings is 1. The highest BCUT2D eigenvalue weighted by atomic mass is 16.2. The quantitative estimate of drug-likeness (QED) is 0.448. The lowest BCUT2D eigenvalue weighted by molar-refractivity contribution is -0.141. The van der Waals surface area contributed by atoms with Crippen molar-refractivity contribution in [1.82, 2.24) is 24.6 Å². The van der Waals surface area contributed by atoms with Crippen LogP contribution in [0.2, 0.25) is 0 Å². The molecule has 1 aromatic heterocycles. The van der Waals surface area contributed by atoms with E-state index in [9.17, 15) is 14.4 Å². The zero-order valence-electron chi connectivity index (χ0n) is 25.5. The Morgan fingerprint density at radius 2 is 1.25 bits per heavy atom. The molecular formula is C35H42N6O3. The van der Waals surface area contributed by atoms with Crippen LogP contribution in [0.25, 0.3) is 22.5 Å². The van der Waals surface area contributed by atoms with E-state index >= 15 is 0 Å². The Hall–Kier alpha value is -4.24. The summed E-state index contributed by atoms with van der Waals surface area (Å²) >= 11 is 0. The number of hydrogen-bond donors (Lipinski definition) is 1. The standard InChI is InChI=1S/C35H42N6O3/c1-25(42)38-15-11-28(12-16-38)34(43)40-17-13-31(14-18-40)39-19-21-41(22-20-39)35(44)29-23-32(26-5-3-2-4-6-26)37-33(24-29)27-7-9-30(36)10-8-27/h2-10,23-24,28,31H,11-22,36H2,1H3. The van der Waals surface area contributed by atoms with Gasteiger partial charge in [0.2, 0.25) is 11.8 Å². The third-order valence-electron chi connectivity index (χ3n) is 9.53. The maximum atomic E-state index is 13.8. The van der Waals surface area contributed by atoms with E-state index in [1.165, 1.54) is 0 Å². The van der Waals surface area contributed by atoms with Crippen LogP contribution in [-0.2, 0) is 9.59 Å². The summed E-state index contributed by atoms with van der Waals surface area (Å²) in [4.78, 5) is 51.9. The Morgan fingerprint density at radius 3 is 1.84 bits per heavy atom. The fraction of sp³-hybridized carbons (Fsp3) is 0.429. The Morgan fingerprint density at radius 1 is 0.682 bits per heavy atom. The second-order valence-corrected chi connectivity index (χ2v) is 12.3. The van der Waals surface area contributed by atoms with Gasteiger partial charge in [-0.25, -0.2) is 4.98 Å². The lowest BCUT2D eigenvalue weighted by Crippen LogP contribution is -2.55. The number of nitrogens with zero attached hydrogens (tertiary/aromatic N) is 5. The summed E-state index contributed by atoms with van der Waals surface area (Å²) in [5.41, 5.74) is 10.6. The zero-order valence-corrected chi connectivity index (χ0v) is 25.5. The molecule has 3 aliphatic rings. The van der Waals surface area contributed by atoms with Gasteiger partial charge in [-0.2, -0.15) is 0 Å². The van der Waals surface area contributed by atoms with Gasteiger partial charge in [0, 0.05) is 93.6 Å². The monoisotopic (exact) mass is 594 g/mol. The van der Waals surface area contributed by atoms with E-state index in [2.05, 4.69) is 4.90 Å². The number of hydrogen-bond acceptors (Lipinski definition) is 6. The van der Waals surface area contributed by atoms with Crippen LogP contribution < -0.4 is 5.73 Å². The first kappa shape index (κ1) is 29.8. The van der Waals surface area contributed by atoms with Gasteiger partial charge < -0.3 is 20.4 Å². The first-order valence-electron chi connectivity index (χ1n) is 15.9. The fourth-order valence-electron chi connectivity index (χ4n) is 6.84. The van der Waals surface area contributed by atoms with Crippen molar-refractivity contribution in [2.45, 2.75) is 38.6 Å². The van der Waals surface area contributed by atoms with Crippen LogP contribution >= 0.6 is 0 Å². The molecule has 0 saturated carbocycles. The van der Waals surface area contributed by atoms with E-state index in [1.807, 2.05) is 81.4 Å². The first-order valence-corrected chi connectivity index (χ1v) is 15.9. The predicted molar refractivity (Wildman–Crippen MR) is 172 cm³/mol. The van der Waals surface area contributed by atoms with E-state index in [4.69, 9.17) is 10.7 Å². The van der Waals surface area contributed by atoms with Gasteiger partial charge in [-0.1, -0.05) is 42.5 Å². The summed E-state index contributed by atoms with van der Waals surface area (Å²) in [5.74, 6) is 0.414. The molecule has 230 valence electrons. The van der Waals surface area contributed by atoms with Crippen LogP contribution in [0, 0.1) is 5.92 Å². The molecule has 6 rings (SSSR count). The normalized spacial score (nSPS) is 18.8. The predicted octanol–water partition coefficient (Wildman–Crippen LogP) is 4.01. The molecular weight excluding hydrogens is 552 g/mol. The minimum atomic E-state index is 0.0252. The number of carbonyl (C=O) groups is 3. The summed E-state index contributed by atoms with van der Waals surface area (Å²) in [7, 11) is 0. The number of carbonyl (C=O) groups excluding carboxylic acids is 3. The summed E-state index contributed by atoms with van der Waals surface area (Å²) in [6.45, 7) is 7.53. The first-order chi connectivity index (χ1) is 21.4. The molecule has 0 bridgehead atoms. The number of anilines is 1. The summed E-state index contributed by atoms with van der Waals surface area (Å²) in [6, 6.07) is 21.8. The molecule has 9 heteroatoms. The Labute approximate surface area is 259 Å². The minimum Gasteiger partial charge on any atom is -0.399 e. The van der Waals surface area contributed by atoms with Crippen molar-refractivity contribution >= 4 is 23.4 Å². The smallest absolute Gasteiger partial charge is 0.254 e. The highest BCUT2D eigenvalue weighted by Gasteiger charge is 2.34. The molecule has 0 spiro atoms. The molecule has 2 aromatic carbocycles. The SMILES string of the molecule is CC(=O)N1CCC(C(=O)N2CCC(N3CCN(C(=O)c4cc(-c5ccccc5)nc(-c5ccc(N)cc5)c4)CC3)CC2)CC1. The molecule has 0 radical (unpaired) electrons. The van der Waals surface area contributed by atoms with Crippen molar-refractivity contribution in [1.29, 1.82) is 0 Å². The van der Waals surface area contributed by atoms with Crippen molar-refractivity contribution in [3.63, 3.8) is 0 Å². The van der Waals surface area contributed by atoms with Crippen LogP contribution in [0.3, 0.4) is 0 Å². The number of rotatable bonds is 5. The lowest BCUT2D eigenvalue weighted by Gasteiger charge is -2.43. The molecule has 44 heavy (non-hydrogen) atoms. The topological polar surface area (TPSA) is 103 Å². The largest absolute Gasteiger partial charge is 0.399 e. The molecule has 3 aliphatic heterocycles. The van der Waals surface area contributed by atoms with E-state index < -0.39 is 0 Å². The van der Waals surface area contributed by atoms with Crippen molar-refractivity contribution in [2.24, 2.45) is 5.92 Å². The Balaban J connectivity index is 1.06. The second kappa shape index (κ2) is 13.2. The second-order valence-electron chi connectivity index (χ2n) is 12.3. The Kier molecular flexibility index (Phi) is 8.93. The van der Waals surface area contributed by atoms with Crippen molar-refractivity contribution in [3.8, 4) is 22.5 Å². The molecule has 2 N–H and O–H groups in total. The summed E-state index contributed by atoms with van der Waals surface area (Å²) in [6.07, 6.45) is 3.45. The van der Waals surface area contributed by atoms with Crippen LogP contribution in [0.5, 0.6) is 0 Å². The molecule has 0 atom stereocenters. The number of likely N-dealkylation sites (tertiary alicyclic amines) is 2. The van der Waals surface area contributed by atoms with Crippen LogP contribution in [0.15, 0.2) is 66.7 Å². The number of aromatic nitrogens is 1. The van der Waals surface area contributed by atoms with Crippen molar-refractivity contribution < 1.29 is 14.4 Å². The average Bonchev–Trinajstić information content (AvgIpc) is 3.08. The minimum absolute atomic E-state index is 0.0252. The lowest BCUT2D eigenvalue weighted by atomic mass is 9.93. The van der Waals surface area contributed by atoms with Crippen molar-refractivity contribution in [2.75, 3.05) is 58.1 Å². The van der Waals surface area contributed by atoms with Crippen LogP contribution in [-0.4, -0.2) is 101 Å². The maximum Gasteiger partial charge on any atom is 0.254 e. The Bertz CT molecular complexity index is 1470. The van der Waals surface area contributed by atoms with E-state index in [0.717, 1.165) is 74.4 Å². The number of piperazine rings is 1. The van der Waals surface area contributed by atoms with Crippen molar-refractivity contribution in [3.05, 3.63) is 72.3 Å². The number of amides is 3. The van der Waals surface area contributed by atoms with Gasteiger partial charge in [0.1, 0.15) is 0 Å². The van der Waals surface area contributed by atoms with E-state index in [0.29, 0.717) is 43.5 Å². The molecule has 3 aromatic rings. The number of piperidine rings is 2. The van der Waals surface area contributed by atoms with Gasteiger partial charge in [0.15, 0.2) is 0 Å². The molecule has 0 unspecified atom stereocenters. The fourth-order valence-corrected chi connectivity index (χ4v) is 6.84. The molecule has 3 fully saturated rings. The molecule has 9 nitrogen and oxygen atoms in total. The van der Waals surface area contributed by atoms with Gasteiger partial charge in [-0.05, 0) is 49.9 Å². The third kappa shape index (κ3) is 6.63. The van der Waals surface area contributed by atoms with Gasteiger partial charge in [0.05, 0.1) is 11.4 Å². The highest BCUT2D eigenvalue weighted by molar-refractivity contribution is 5.96. The number of nitrogens with two attached hydrogens (primary N) is 1. The number of benzene rings is 2. The molecule has 4 heterocycles. The third-order valence-corrected chi connectivity index (χ3v) is 9.53. The number of nitrogen functional groups attached to an aromatic ring is 1. The molecule has 3 saturated heterocycles. The summed E-state index contributed by atoms with van der Waals surface area (Å²) in [5, 5.41) is 0. The molecule has 3 amide bonds. The maximum absolute atomic E-state index is 13.8.